The highest BCUT2D eigenvalue weighted by Gasteiger charge is 2.19. The maximum absolute atomic E-state index is 11.6. The predicted molar refractivity (Wildman–Crippen MR) is 61.8 cm³/mol. The number of rotatable bonds is 4. The fraction of sp³-hybridized carbons (Fsp3) is 0.273. The third-order valence-electron chi connectivity index (χ3n) is 2.12. The number of carboxylic acid groups (broad SMARTS) is 1. The van der Waals surface area contributed by atoms with Crippen molar-refractivity contribution in [3.63, 3.8) is 0 Å². The first-order valence-electron chi connectivity index (χ1n) is 5.01. The van der Waals surface area contributed by atoms with Gasteiger partial charge in [0.15, 0.2) is 0 Å². The lowest BCUT2D eigenvalue weighted by atomic mass is 10.2. The standard InChI is InChI=1S/C11H14N2O4/c1-7-2-4-8(5-3-7)12-10(15)9(6-14)13-11(16)17/h2-5,9,13-14H,6H2,1H3,(H,12,15)(H,16,17)/t9-/m1/s1. The lowest BCUT2D eigenvalue weighted by Crippen LogP contribution is -2.45. The maximum atomic E-state index is 11.6. The number of hydrogen-bond acceptors (Lipinski definition) is 3. The quantitative estimate of drug-likeness (QED) is 0.616. The summed E-state index contributed by atoms with van der Waals surface area (Å²) < 4.78 is 0. The number of amides is 2. The topological polar surface area (TPSA) is 98.7 Å². The molecule has 0 saturated carbocycles. The Morgan fingerprint density at radius 3 is 2.35 bits per heavy atom. The number of aliphatic hydroxyl groups excluding tert-OH is 1. The van der Waals surface area contributed by atoms with Crippen LogP contribution in [0, 0.1) is 6.92 Å². The molecular weight excluding hydrogens is 224 g/mol. The van der Waals surface area contributed by atoms with E-state index in [9.17, 15) is 9.59 Å². The van der Waals surface area contributed by atoms with E-state index >= 15 is 0 Å². The molecule has 6 heteroatoms. The van der Waals surface area contributed by atoms with Crippen molar-refractivity contribution in [2.24, 2.45) is 0 Å². The van der Waals surface area contributed by atoms with Crippen LogP contribution >= 0.6 is 0 Å². The van der Waals surface area contributed by atoms with Crippen molar-refractivity contribution in [2.45, 2.75) is 13.0 Å². The van der Waals surface area contributed by atoms with Gasteiger partial charge in [0, 0.05) is 5.69 Å². The summed E-state index contributed by atoms with van der Waals surface area (Å²) in [4.78, 5) is 21.9. The molecule has 0 spiro atoms. The van der Waals surface area contributed by atoms with Crippen LogP contribution in [0.5, 0.6) is 0 Å². The van der Waals surface area contributed by atoms with Gasteiger partial charge in [-0.05, 0) is 19.1 Å². The van der Waals surface area contributed by atoms with Crippen LogP contribution in [0.4, 0.5) is 10.5 Å². The van der Waals surface area contributed by atoms with E-state index in [0.29, 0.717) is 5.69 Å². The number of aliphatic hydroxyl groups is 1. The van der Waals surface area contributed by atoms with Gasteiger partial charge in [-0.2, -0.15) is 0 Å². The first kappa shape index (κ1) is 13.0. The fourth-order valence-electron chi connectivity index (χ4n) is 1.21. The molecule has 0 aliphatic carbocycles. The van der Waals surface area contributed by atoms with E-state index in [-0.39, 0.29) is 0 Å². The van der Waals surface area contributed by atoms with E-state index in [1.165, 1.54) is 0 Å². The molecule has 0 bridgehead atoms. The molecule has 4 N–H and O–H groups in total. The summed E-state index contributed by atoms with van der Waals surface area (Å²) in [6.45, 7) is 1.32. The molecule has 1 aromatic carbocycles. The molecule has 0 saturated heterocycles. The molecule has 0 radical (unpaired) electrons. The van der Waals surface area contributed by atoms with Crippen LogP contribution < -0.4 is 10.6 Å². The van der Waals surface area contributed by atoms with E-state index in [0.717, 1.165) is 5.56 Å². The van der Waals surface area contributed by atoms with Gasteiger partial charge in [-0.3, -0.25) is 4.79 Å². The van der Waals surface area contributed by atoms with Crippen LogP contribution in [0.15, 0.2) is 24.3 Å². The van der Waals surface area contributed by atoms with Crippen molar-refractivity contribution in [1.82, 2.24) is 5.32 Å². The monoisotopic (exact) mass is 238 g/mol. The Labute approximate surface area is 98.3 Å². The van der Waals surface area contributed by atoms with Gasteiger partial charge in [-0.1, -0.05) is 17.7 Å². The number of carbonyl (C=O) groups is 2. The van der Waals surface area contributed by atoms with E-state index < -0.39 is 24.6 Å². The molecule has 0 unspecified atom stereocenters. The summed E-state index contributed by atoms with van der Waals surface area (Å²) in [6, 6.07) is 5.85. The average molecular weight is 238 g/mol. The minimum absolute atomic E-state index is 0.547. The highest BCUT2D eigenvalue weighted by atomic mass is 16.4. The van der Waals surface area contributed by atoms with Gasteiger partial charge in [0.05, 0.1) is 6.61 Å². The van der Waals surface area contributed by atoms with Gasteiger partial charge in [0.25, 0.3) is 0 Å². The number of aryl methyl sites for hydroxylation is 1. The Morgan fingerprint density at radius 1 is 1.29 bits per heavy atom. The minimum atomic E-state index is -1.36. The van der Waals surface area contributed by atoms with Crippen LogP contribution in [0.3, 0.4) is 0 Å². The van der Waals surface area contributed by atoms with Crippen molar-refractivity contribution in [3.8, 4) is 0 Å². The normalized spacial score (nSPS) is 11.6. The molecule has 0 aliphatic heterocycles. The Bertz CT molecular complexity index is 402. The number of anilines is 1. The molecular formula is C11H14N2O4. The van der Waals surface area contributed by atoms with E-state index in [4.69, 9.17) is 10.2 Å². The van der Waals surface area contributed by atoms with Crippen molar-refractivity contribution in [2.75, 3.05) is 11.9 Å². The summed E-state index contributed by atoms with van der Waals surface area (Å²) in [5.41, 5.74) is 1.59. The third-order valence-corrected chi connectivity index (χ3v) is 2.12. The van der Waals surface area contributed by atoms with Crippen LogP contribution in [0.25, 0.3) is 0 Å². The highest BCUT2D eigenvalue weighted by Crippen LogP contribution is 2.08. The number of nitrogens with one attached hydrogen (secondary N) is 2. The van der Waals surface area contributed by atoms with Crippen LogP contribution in [-0.4, -0.2) is 34.9 Å². The highest BCUT2D eigenvalue weighted by molar-refractivity contribution is 5.96. The first-order valence-corrected chi connectivity index (χ1v) is 5.01. The molecule has 92 valence electrons. The number of benzene rings is 1. The Hall–Kier alpha value is -2.08. The molecule has 1 atom stereocenters. The molecule has 2 amide bonds. The van der Waals surface area contributed by atoms with E-state index in [2.05, 4.69) is 5.32 Å². The minimum Gasteiger partial charge on any atom is -0.465 e. The van der Waals surface area contributed by atoms with E-state index in [1.54, 1.807) is 12.1 Å². The van der Waals surface area contributed by atoms with Crippen molar-refractivity contribution in [3.05, 3.63) is 29.8 Å². The van der Waals surface area contributed by atoms with Gasteiger partial charge in [0.2, 0.25) is 5.91 Å². The summed E-state index contributed by atoms with van der Waals surface area (Å²) in [5, 5.41) is 21.8. The summed E-state index contributed by atoms with van der Waals surface area (Å²) in [6.07, 6.45) is -1.36. The largest absolute Gasteiger partial charge is 0.465 e. The van der Waals surface area contributed by atoms with Gasteiger partial charge >= 0.3 is 6.09 Å². The average Bonchev–Trinajstić information content (AvgIpc) is 2.28. The molecule has 0 aromatic heterocycles. The zero-order valence-corrected chi connectivity index (χ0v) is 9.30. The molecule has 1 rings (SSSR count). The second kappa shape index (κ2) is 5.86. The SMILES string of the molecule is Cc1ccc(NC(=O)[C@@H](CO)NC(=O)O)cc1. The summed E-state index contributed by atoms with van der Waals surface area (Å²) >= 11 is 0. The summed E-state index contributed by atoms with van der Waals surface area (Å²) in [7, 11) is 0. The molecule has 0 heterocycles. The van der Waals surface area contributed by atoms with Crippen molar-refractivity contribution in [1.29, 1.82) is 0 Å². The van der Waals surface area contributed by atoms with Gasteiger partial charge in [0.1, 0.15) is 6.04 Å². The van der Waals surface area contributed by atoms with Crippen LogP contribution in [0.2, 0.25) is 0 Å². The zero-order valence-electron chi connectivity index (χ0n) is 9.30. The van der Waals surface area contributed by atoms with Gasteiger partial charge < -0.3 is 20.8 Å². The van der Waals surface area contributed by atoms with Crippen molar-refractivity contribution >= 4 is 17.7 Å². The Balaban J connectivity index is 2.63. The Kier molecular flexibility index (Phi) is 4.47. The maximum Gasteiger partial charge on any atom is 0.405 e. The zero-order chi connectivity index (χ0) is 12.8. The lowest BCUT2D eigenvalue weighted by molar-refractivity contribution is -0.118. The first-order chi connectivity index (χ1) is 8.02. The molecule has 1 aromatic rings. The molecule has 0 aliphatic rings. The van der Waals surface area contributed by atoms with Crippen molar-refractivity contribution < 1.29 is 19.8 Å². The van der Waals surface area contributed by atoms with E-state index in [1.807, 2.05) is 24.4 Å². The lowest BCUT2D eigenvalue weighted by Gasteiger charge is -2.14. The number of hydrogen-bond donors (Lipinski definition) is 4. The van der Waals surface area contributed by atoms with Crippen LogP contribution in [0.1, 0.15) is 5.56 Å². The summed E-state index contributed by atoms with van der Waals surface area (Å²) in [5.74, 6) is -0.598. The number of carbonyl (C=O) groups excluding carboxylic acids is 1. The predicted octanol–water partition coefficient (Wildman–Crippen LogP) is 0.562. The second-order valence-corrected chi connectivity index (χ2v) is 3.54. The van der Waals surface area contributed by atoms with Crippen LogP contribution in [-0.2, 0) is 4.79 Å². The molecule has 17 heavy (non-hydrogen) atoms. The smallest absolute Gasteiger partial charge is 0.405 e. The third kappa shape index (κ3) is 4.12. The van der Waals surface area contributed by atoms with Gasteiger partial charge in [-0.25, -0.2) is 4.79 Å². The van der Waals surface area contributed by atoms with Gasteiger partial charge in [-0.15, -0.1) is 0 Å². The second-order valence-electron chi connectivity index (χ2n) is 3.54. The molecule has 0 fully saturated rings. The molecule has 6 nitrogen and oxygen atoms in total. The fourth-order valence-corrected chi connectivity index (χ4v) is 1.21. The Morgan fingerprint density at radius 2 is 1.88 bits per heavy atom.